The van der Waals surface area contributed by atoms with Gasteiger partial charge in [-0.05, 0) is 22.5 Å². The van der Waals surface area contributed by atoms with E-state index in [1.54, 1.807) is 6.07 Å². The molecule has 3 N–H and O–H groups in total. The average Bonchev–Trinajstić information content (AvgIpc) is 3.03. The molecule has 10 nitrogen and oxygen atoms in total. The highest BCUT2D eigenvalue weighted by Gasteiger charge is 2.58. The predicted octanol–water partition coefficient (Wildman–Crippen LogP) is 4.43. The Kier molecular flexibility index (Phi) is 7.51. The van der Waals surface area contributed by atoms with E-state index in [2.05, 4.69) is 12.2 Å². The summed E-state index contributed by atoms with van der Waals surface area (Å²) in [5, 5.41) is 20.7. The van der Waals surface area contributed by atoms with Crippen molar-refractivity contribution in [2.24, 2.45) is 0 Å². The van der Waals surface area contributed by atoms with Gasteiger partial charge in [0.25, 0.3) is 5.85 Å². The zero-order chi connectivity index (χ0) is 29.3. The highest BCUT2D eigenvalue weighted by atomic mass is 32.1. The molecule has 1 unspecified atom stereocenters. The molecule has 0 amide bonds. The maximum Gasteiger partial charge on any atom is 0.530 e. The van der Waals surface area contributed by atoms with Crippen LogP contribution < -0.4 is 10.2 Å². The van der Waals surface area contributed by atoms with Crippen LogP contribution in [0.25, 0.3) is 0 Å². The lowest BCUT2D eigenvalue weighted by molar-refractivity contribution is -0.205. The molecule has 2 aromatic rings. The van der Waals surface area contributed by atoms with Gasteiger partial charge in [-0.1, -0.05) is 53.8 Å². The van der Waals surface area contributed by atoms with Crippen LogP contribution in [-0.2, 0) is 35.8 Å². The van der Waals surface area contributed by atoms with E-state index < -0.39 is 78.1 Å². The van der Waals surface area contributed by atoms with Crippen molar-refractivity contribution in [1.29, 1.82) is 0 Å². The second-order valence-corrected chi connectivity index (χ2v) is 13.6. The van der Waals surface area contributed by atoms with Gasteiger partial charge in [0.15, 0.2) is 12.0 Å². The van der Waals surface area contributed by atoms with Crippen LogP contribution in [0.5, 0.6) is 5.75 Å². The topological polar surface area (TPSA) is 132 Å². The van der Waals surface area contributed by atoms with Crippen LogP contribution in [-0.4, -0.2) is 44.4 Å². The van der Waals surface area contributed by atoms with Gasteiger partial charge in [0.1, 0.15) is 35.0 Å². The Hall–Kier alpha value is -2.06. The third-order valence-electron chi connectivity index (χ3n) is 6.49. The monoisotopic (exact) mass is 594 g/mol. The number of aliphatic hydroxyl groups is 2. The minimum Gasteiger partial charge on any atom is -0.403 e. The van der Waals surface area contributed by atoms with Gasteiger partial charge in [0.05, 0.1) is 18.4 Å². The summed E-state index contributed by atoms with van der Waals surface area (Å²) in [5.74, 6) is -4.96. The van der Waals surface area contributed by atoms with E-state index >= 15 is 8.78 Å². The third kappa shape index (κ3) is 5.48. The van der Waals surface area contributed by atoms with Crippen molar-refractivity contribution in [2.45, 2.75) is 83.3 Å². The highest BCUT2D eigenvalue weighted by molar-refractivity contribution is 7.71. The van der Waals surface area contributed by atoms with E-state index in [9.17, 15) is 24.0 Å². The Morgan fingerprint density at radius 1 is 1.21 bits per heavy atom. The van der Waals surface area contributed by atoms with Crippen LogP contribution in [0.4, 0.5) is 13.2 Å². The van der Waals surface area contributed by atoms with E-state index in [0.29, 0.717) is 21.9 Å². The van der Waals surface area contributed by atoms with E-state index in [0.717, 1.165) is 0 Å². The number of nitrogens with zero attached hydrogens (tertiary/aromatic N) is 1. The second kappa shape index (κ2) is 9.79. The number of phosphoric acid groups is 1. The van der Waals surface area contributed by atoms with Crippen LogP contribution in [0, 0.1) is 16.3 Å². The molecule has 2 aliphatic rings. The fourth-order valence-electron chi connectivity index (χ4n) is 4.29. The zero-order valence-corrected chi connectivity index (χ0v) is 23.8. The van der Waals surface area contributed by atoms with Gasteiger partial charge >= 0.3 is 13.5 Å². The van der Waals surface area contributed by atoms with Crippen LogP contribution >= 0.6 is 20.0 Å². The first-order valence-electron chi connectivity index (χ1n) is 12.0. The molecule has 1 aromatic heterocycles. The van der Waals surface area contributed by atoms with Gasteiger partial charge < -0.3 is 19.5 Å². The minimum atomic E-state index is -4.60. The Balaban J connectivity index is 1.62. The van der Waals surface area contributed by atoms with Crippen molar-refractivity contribution >= 4 is 20.0 Å². The van der Waals surface area contributed by atoms with Gasteiger partial charge in [-0.15, -0.1) is 0 Å². The summed E-state index contributed by atoms with van der Waals surface area (Å²) in [6.45, 7) is 9.24. The lowest BCUT2D eigenvalue weighted by Gasteiger charge is -2.34. The van der Waals surface area contributed by atoms with Crippen LogP contribution in [0.1, 0.15) is 64.5 Å². The fraction of sp³-hybridized carbons (Fsp3) is 0.583. The molecule has 0 saturated carbocycles. The lowest BCUT2D eigenvalue weighted by Crippen LogP contribution is -2.43. The number of fused-ring (bicyclic) bond motifs is 1. The number of phosphoric ester groups is 1. The number of rotatable bonds is 4. The maximum atomic E-state index is 15.7. The zero-order valence-electron chi connectivity index (χ0n) is 22.1. The number of H-pyrrole nitrogens is 1. The quantitative estimate of drug-likeness (QED) is 0.348. The molecule has 4 rings (SSSR count). The van der Waals surface area contributed by atoms with Gasteiger partial charge in [-0.2, -0.15) is 0 Å². The number of nitrogens with one attached hydrogen (secondary N) is 1. The van der Waals surface area contributed by atoms with Gasteiger partial charge in [-0.25, -0.2) is 22.5 Å². The molecule has 39 heavy (non-hydrogen) atoms. The first-order chi connectivity index (χ1) is 17.8. The summed E-state index contributed by atoms with van der Waals surface area (Å²) in [5.41, 5.74) is -1.27. The first-order valence-corrected chi connectivity index (χ1v) is 13.8. The van der Waals surface area contributed by atoms with E-state index in [4.69, 9.17) is 18.3 Å². The summed E-state index contributed by atoms with van der Waals surface area (Å²) < 4.78 is 79.3. The predicted molar refractivity (Wildman–Crippen MR) is 135 cm³/mol. The Morgan fingerprint density at radius 2 is 1.82 bits per heavy atom. The third-order valence-corrected chi connectivity index (χ3v) is 8.08. The summed E-state index contributed by atoms with van der Waals surface area (Å²) in [6, 6.07) is 1.62. The van der Waals surface area contributed by atoms with E-state index in [1.165, 1.54) is 0 Å². The Bertz CT molecular complexity index is 1470. The largest absolute Gasteiger partial charge is 0.530 e. The molecule has 3 heterocycles. The Morgan fingerprint density at radius 3 is 2.41 bits per heavy atom. The van der Waals surface area contributed by atoms with Gasteiger partial charge in [0, 0.05) is 5.56 Å². The van der Waals surface area contributed by atoms with E-state index in [-0.39, 0.29) is 11.3 Å². The van der Waals surface area contributed by atoms with Crippen LogP contribution in [0.3, 0.4) is 0 Å². The fourth-order valence-corrected chi connectivity index (χ4v) is 5.66. The standard InChI is InChI=1S/C24H30F3N2O8PS/c1-22(2,3)12-7-13(23(4,5)6)17-11(15(12)26)9-34-38(33,37-17)35-10-24(27)18(31)16(30)20(36-24)29-8-14(25)19(39)28-21(29)32/h7-8,16,18,20,30-31H,9-10H2,1-6H3,(H,28,32,39)/t16-,18+,20-,24-,38?/m1/s1. The molecule has 0 bridgehead atoms. The summed E-state index contributed by atoms with van der Waals surface area (Å²) >= 11 is 4.62. The van der Waals surface area contributed by atoms with Crippen LogP contribution in [0.2, 0.25) is 0 Å². The van der Waals surface area contributed by atoms with Gasteiger partial charge in [-0.3, -0.25) is 18.6 Å². The molecular weight excluding hydrogens is 564 g/mol. The Labute approximate surface area is 227 Å². The average molecular weight is 595 g/mol. The number of hydrogen-bond acceptors (Lipinski definition) is 9. The number of aromatic nitrogens is 2. The van der Waals surface area contributed by atoms with Crippen molar-refractivity contribution in [2.75, 3.05) is 6.61 Å². The first kappa shape index (κ1) is 29.9. The van der Waals surface area contributed by atoms with Gasteiger partial charge in [0.2, 0.25) is 0 Å². The minimum absolute atomic E-state index is 0.0212. The molecule has 216 valence electrons. The van der Waals surface area contributed by atoms with Crippen molar-refractivity contribution in [3.8, 4) is 5.75 Å². The molecule has 1 aromatic carbocycles. The lowest BCUT2D eigenvalue weighted by atomic mass is 9.78. The molecule has 0 radical (unpaired) electrons. The second-order valence-electron chi connectivity index (χ2n) is 11.6. The van der Waals surface area contributed by atoms with Crippen LogP contribution in [0.15, 0.2) is 17.1 Å². The number of ether oxygens (including phenoxy) is 1. The number of hydrogen-bond donors (Lipinski definition) is 3. The molecule has 1 saturated heterocycles. The number of alkyl halides is 1. The normalized spacial score (nSPS) is 29.3. The molecule has 0 aliphatic carbocycles. The highest BCUT2D eigenvalue weighted by Crippen LogP contribution is 2.58. The van der Waals surface area contributed by atoms with Crippen molar-refractivity contribution in [3.63, 3.8) is 0 Å². The molecule has 0 spiro atoms. The number of aliphatic hydroxyl groups excluding tert-OH is 2. The molecule has 15 heteroatoms. The molecular formula is C24H30F3N2O8PS. The smallest absolute Gasteiger partial charge is 0.403 e. The van der Waals surface area contributed by atoms with Crippen molar-refractivity contribution in [1.82, 2.24) is 9.55 Å². The number of benzene rings is 1. The number of aromatic amines is 1. The van der Waals surface area contributed by atoms with Crippen molar-refractivity contribution < 1.29 is 46.3 Å². The van der Waals surface area contributed by atoms with E-state index in [1.807, 2.05) is 46.5 Å². The SMILES string of the molecule is CC(C)(C)c1cc(C(C)(C)C)c2c(c1F)COP(=O)(OC[C@@]1(F)O[C@@H](n3cc(F)c(=S)[nH]c3=O)[C@H](O)[C@@H]1O)O2. The molecule has 1 fully saturated rings. The summed E-state index contributed by atoms with van der Waals surface area (Å²) in [4.78, 5) is 14.2. The molecule has 2 aliphatic heterocycles. The van der Waals surface area contributed by atoms with Crippen molar-refractivity contribution in [3.05, 3.63) is 55.7 Å². The number of halogens is 3. The summed E-state index contributed by atoms with van der Waals surface area (Å²) in [7, 11) is -4.60. The molecule has 5 atom stereocenters. The maximum absolute atomic E-state index is 15.7. The summed E-state index contributed by atoms with van der Waals surface area (Å²) in [6.07, 6.45) is -5.70.